The van der Waals surface area contributed by atoms with Crippen LogP contribution in [0, 0.1) is 5.92 Å². The van der Waals surface area contributed by atoms with Crippen molar-refractivity contribution in [2.75, 3.05) is 32.5 Å². The number of aliphatic carboxylic acids is 1. The van der Waals surface area contributed by atoms with E-state index in [1.807, 2.05) is 11.9 Å². The van der Waals surface area contributed by atoms with Crippen molar-refractivity contribution in [3.63, 3.8) is 0 Å². The molecule has 0 amide bonds. The second kappa shape index (κ2) is 5.99. The summed E-state index contributed by atoms with van der Waals surface area (Å²) in [7, 11) is -1.81. The molecule has 1 aliphatic heterocycles. The zero-order chi connectivity index (χ0) is 13.9. The molecule has 18 heavy (non-hydrogen) atoms. The first-order valence-electron chi connectivity index (χ1n) is 5.98. The Morgan fingerprint density at radius 3 is 2.56 bits per heavy atom. The fourth-order valence-electron chi connectivity index (χ4n) is 2.18. The minimum absolute atomic E-state index is 0.230. The third kappa shape index (κ3) is 3.93. The van der Waals surface area contributed by atoms with Crippen molar-refractivity contribution in [2.24, 2.45) is 5.92 Å². The summed E-state index contributed by atoms with van der Waals surface area (Å²) >= 11 is 0. The van der Waals surface area contributed by atoms with Crippen molar-refractivity contribution in [3.05, 3.63) is 0 Å². The van der Waals surface area contributed by atoms with Gasteiger partial charge in [-0.2, -0.15) is 0 Å². The van der Waals surface area contributed by atoms with Gasteiger partial charge < -0.3 is 14.7 Å². The topological polar surface area (TPSA) is 83.9 Å². The Bertz CT molecular complexity index is 392. The van der Waals surface area contributed by atoms with Gasteiger partial charge in [0.05, 0.1) is 18.5 Å². The molecule has 1 heterocycles. The third-order valence-corrected chi connectivity index (χ3v) is 5.35. The number of carboxylic acids is 1. The molecule has 1 aliphatic rings. The maximum atomic E-state index is 12.1. The Labute approximate surface area is 108 Å². The lowest BCUT2D eigenvalue weighted by Crippen LogP contribution is -2.46. The summed E-state index contributed by atoms with van der Waals surface area (Å²) in [6.07, 6.45) is -0.436. The minimum atomic E-state index is -3.70. The first-order valence-corrected chi connectivity index (χ1v) is 7.70. The molecule has 0 aliphatic carbocycles. The van der Waals surface area contributed by atoms with Gasteiger partial charge in [0.15, 0.2) is 15.1 Å². The van der Waals surface area contributed by atoms with Gasteiger partial charge in [-0.05, 0) is 13.0 Å². The van der Waals surface area contributed by atoms with E-state index in [-0.39, 0.29) is 5.75 Å². The molecule has 1 N–H and O–H groups in total. The molecule has 106 valence electrons. The number of carboxylic acid groups (broad SMARTS) is 1. The average Bonchev–Trinajstić information content (AvgIpc) is 2.13. The van der Waals surface area contributed by atoms with Crippen molar-refractivity contribution < 1.29 is 23.1 Å². The molecular weight excluding hydrogens is 258 g/mol. The molecule has 0 spiro atoms. The van der Waals surface area contributed by atoms with Crippen molar-refractivity contribution in [1.82, 2.24) is 4.90 Å². The lowest BCUT2D eigenvalue weighted by molar-refractivity contribution is -0.137. The quantitative estimate of drug-likeness (QED) is 0.753. The maximum Gasteiger partial charge on any atom is 0.322 e. The van der Waals surface area contributed by atoms with E-state index in [9.17, 15) is 13.2 Å². The van der Waals surface area contributed by atoms with Crippen LogP contribution >= 0.6 is 0 Å². The summed E-state index contributed by atoms with van der Waals surface area (Å²) in [5.41, 5.74) is 0. The summed E-state index contributed by atoms with van der Waals surface area (Å²) in [5.74, 6) is -1.96. The van der Waals surface area contributed by atoms with Crippen molar-refractivity contribution in [3.8, 4) is 0 Å². The SMILES string of the molecule is CC(C)C(C(=O)O)S(=O)(=O)CC1CN(C)CCO1. The van der Waals surface area contributed by atoms with E-state index in [0.717, 1.165) is 6.54 Å². The smallest absolute Gasteiger partial charge is 0.322 e. The fraction of sp³-hybridized carbons (Fsp3) is 0.909. The molecule has 0 radical (unpaired) electrons. The number of nitrogens with zero attached hydrogens (tertiary/aromatic N) is 1. The second-order valence-corrected chi connectivity index (χ2v) is 7.25. The van der Waals surface area contributed by atoms with Crippen LogP contribution in [0.1, 0.15) is 13.8 Å². The van der Waals surface area contributed by atoms with Crippen molar-refractivity contribution in [1.29, 1.82) is 0 Å². The summed E-state index contributed by atoms with van der Waals surface area (Å²) in [5, 5.41) is 7.68. The van der Waals surface area contributed by atoms with E-state index in [2.05, 4.69) is 0 Å². The average molecular weight is 279 g/mol. The third-order valence-electron chi connectivity index (χ3n) is 3.00. The lowest BCUT2D eigenvalue weighted by Gasteiger charge is -2.30. The van der Waals surface area contributed by atoms with Crippen LogP contribution in [0.25, 0.3) is 0 Å². The standard InChI is InChI=1S/C11H21NO5S/c1-8(2)10(11(13)14)18(15,16)7-9-6-12(3)4-5-17-9/h8-10H,4-7H2,1-3H3,(H,13,14). The van der Waals surface area contributed by atoms with Crippen molar-refractivity contribution >= 4 is 15.8 Å². The second-order valence-electron chi connectivity index (χ2n) is 5.09. The number of hydrogen-bond acceptors (Lipinski definition) is 5. The van der Waals surface area contributed by atoms with Crippen molar-refractivity contribution in [2.45, 2.75) is 25.2 Å². The van der Waals surface area contributed by atoms with Crippen LogP contribution in [0.4, 0.5) is 0 Å². The van der Waals surface area contributed by atoms with E-state index in [4.69, 9.17) is 9.84 Å². The molecule has 0 aromatic heterocycles. The summed E-state index contributed by atoms with van der Waals surface area (Å²) < 4.78 is 29.6. The van der Waals surface area contributed by atoms with Gasteiger partial charge in [0.1, 0.15) is 0 Å². The van der Waals surface area contributed by atoms with E-state index in [0.29, 0.717) is 13.2 Å². The summed E-state index contributed by atoms with van der Waals surface area (Å²) in [4.78, 5) is 13.0. The molecule has 0 bridgehead atoms. The van der Waals surface area contributed by atoms with Gasteiger partial charge in [0, 0.05) is 13.1 Å². The number of rotatable bonds is 5. The lowest BCUT2D eigenvalue weighted by atomic mass is 10.1. The Hall–Kier alpha value is -0.660. The fourth-order valence-corrected chi connectivity index (χ4v) is 4.25. The van der Waals surface area contributed by atoms with Gasteiger partial charge in [-0.25, -0.2) is 8.42 Å². The Morgan fingerprint density at radius 1 is 1.50 bits per heavy atom. The van der Waals surface area contributed by atoms with Gasteiger partial charge in [0.25, 0.3) is 0 Å². The zero-order valence-corrected chi connectivity index (χ0v) is 11.8. The van der Waals surface area contributed by atoms with Gasteiger partial charge in [0.2, 0.25) is 0 Å². The van der Waals surface area contributed by atoms with E-state index >= 15 is 0 Å². The van der Waals surface area contributed by atoms with Crippen LogP contribution in [-0.4, -0.2) is 68.2 Å². The molecule has 1 rings (SSSR count). The Morgan fingerprint density at radius 2 is 2.11 bits per heavy atom. The van der Waals surface area contributed by atoms with E-state index in [1.54, 1.807) is 13.8 Å². The van der Waals surface area contributed by atoms with Gasteiger partial charge in [-0.3, -0.25) is 4.79 Å². The molecular formula is C11H21NO5S. The molecule has 7 heteroatoms. The summed E-state index contributed by atoms with van der Waals surface area (Å²) in [6.45, 7) is 4.97. The van der Waals surface area contributed by atoms with Crippen LogP contribution in [0.3, 0.4) is 0 Å². The molecule has 6 nitrogen and oxygen atoms in total. The number of sulfone groups is 1. The van der Waals surface area contributed by atoms with Gasteiger partial charge in [-0.15, -0.1) is 0 Å². The van der Waals surface area contributed by atoms with Gasteiger partial charge >= 0.3 is 5.97 Å². The highest BCUT2D eigenvalue weighted by atomic mass is 32.2. The van der Waals surface area contributed by atoms with Crippen LogP contribution in [0.15, 0.2) is 0 Å². The minimum Gasteiger partial charge on any atom is -0.480 e. The normalized spacial score (nSPS) is 24.1. The van der Waals surface area contributed by atoms with Crippen LogP contribution < -0.4 is 0 Å². The number of ether oxygens (including phenoxy) is 1. The van der Waals surface area contributed by atoms with E-state index < -0.39 is 33.1 Å². The highest BCUT2D eigenvalue weighted by Crippen LogP contribution is 2.17. The molecule has 0 saturated carbocycles. The highest BCUT2D eigenvalue weighted by molar-refractivity contribution is 7.92. The van der Waals surface area contributed by atoms with Crippen LogP contribution in [0.5, 0.6) is 0 Å². The highest BCUT2D eigenvalue weighted by Gasteiger charge is 2.37. The van der Waals surface area contributed by atoms with Crippen LogP contribution in [-0.2, 0) is 19.4 Å². The summed E-state index contributed by atoms with van der Waals surface area (Å²) in [6, 6.07) is 0. The number of hydrogen-bond donors (Lipinski definition) is 1. The number of likely N-dealkylation sites (N-methyl/N-ethyl adjacent to an activating group) is 1. The predicted molar refractivity (Wildman–Crippen MR) is 67.3 cm³/mol. The molecule has 1 saturated heterocycles. The molecule has 2 unspecified atom stereocenters. The molecule has 0 aromatic rings. The largest absolute Gasteiger partial charge is 0.480 e. The zero-order valence-electron chi connectivity index (χ0n) is 11.0. The first-order chi connectivity index (χ1) is 8.24. The molecule has 0 aromatic carbocycles. The van der Waals surface area contributed by atoms with Crippen LogP contribution in [0.2, 0.25) is 0 Å². The monoisotopic (exact) mass is 279 g/mol. The van der Waals surface area contributed by atoms with E-state index in [1.165, 1.54) is 0 Å². The first kappa shape index (κ1) is 15.4. The predicted octanol–water partition coefficient (Wildman–Crippen LogP) is -0.159. The number of carbonyl (C=O) groups is 1. The van der Waals surface area contributed by atoms with Gasteiger partial charge in [-0.1, -0.05) is 13.8 Å². The Balaban J connectivity index is 2.76. The molecule has 2 atom stereocenters. The Kier molecular flexibility index (Phi) is 5.12. The number of morpholine rings is 1. The molecule has 1 fully saturated rings. The maximum absolute atomic E-state index is 12.1.